The highest BCUT2D eigenvalue weighted by Crippen LogP contribution is 2.51. The van der Waals surface area contributed by atoms with Crippen LogP contribution in [-0.4, -0.2) is 71.3 Å². The van der Waals surface area contributed by atoms with Gasteiger partial charge in [0.25, 0.3) is 0 Å². The first kappa shape index (κ1) is 33.7. The van der Waals surface area contributed by atoms with Crippen LogP contribution in [0.15, 0.2) is 48.5 Å². The number of ether oxygens (including phenoxy) is 1. The molecule has 2 aromatic rings. The van der Waals surface area contributed by atoms with Gasteiger partial charge >= 0.3 is 12.1 Å². The number of nitrogens with zero attached hydrogens (tertiary/aromatic N) is 2. The minimum atomic E-state index is -0.815. The van der Waals surface area contributed by atoms with E-state index in [1.165, 1.54) is 12.5 Å². The molecule has 3 atom stereocenters. The molecule has 0 radical (unpaired) electrons. The minimum absolute atomic E-state index is 0.0181. The molecule has 2 N–H and O–H groups in total. The van der Waals surface area contributed by atoms with Crippen LogP contribution in [0, 0.1) is 17.7 Å². The molecule has 246 valence electrons. The maximum Gasteiger partial charge on any atom is 0.410 e. The molecule has 0 bridgehead atoms. The Morgan fingerprint density at radius 3 is 2.49 bits per heavy atom. The lowest BCUT2D eigenvalue weighted by molar-refractivity contribution is -0.136. The van der Waals surface area contributed by atoms with Crippen LogP contribution in [0.4, 0.5) is 9.18 Å². The van der Waals surface area contributed by atoms with E-state index in [1.807, 2.05) is 23.1 Å². The van der Waals surface area contributed by atoms with Crippen LogP contribution in [0.1, 0.15) is 88.2 Å². The van der Waals surface area contributed by atoms with Gasteiger partial charge in [-0.25, -0.2) is 9.18 Å². The second-order valence-corrected chi connectivity index (χ2v) is 13.9. The SMILES string of the molecule is CCCN(C(=O)OCc1ccc(Cl)cc1)C1CCN(C[C@H]2C[C@H](C3(NCC(=O)O)CCCCC3)C[C@@H]2c2cccc(F)c2)CC1. The molecule has 0 aromatic heterocycles. The van der Waals surface area contributed by atoms with Crippen molar-refractivity contribution in [3.05, 3.63) is 70.5 Å². The highest BCUT2D eigenvalue weighted by molar-refractivity contribution is 6.30. The van der Waals surface area contributed by atoms with Crippen LogP contribution in [0.2, 0.25) is 5.02 Å². The van der Waals surface area contributed by atoms with Gasteiger partial charge in [0, 0.05) is 42.8 Å². The topological polar surface area (TPSA) is 82.1 Å². The van der Waals surface area contributed by atoms with Crippen LogP contribution < -0.4 is 5.32 Å². The number of aliphatic carboxylic acids is 1. The van der Waals surface area contributed by atoms with Crippen molar-refractivity contribution in [1.82, 2.24) is 15.1 Å². The van der Waals surface area contributed by atoms with Gasteiger partial charge in [0.05, 0.1) is 6.54 Å². The number of benzene rings is 2. The van der Waals surface area contributed by atoms with Crippen molar-refractivity contribution in [2.75, 3.05) is 32.7 Å². The minimum Gasteiger partial charge on any atom is -0.480 e. The van der Waals surface area contributed by atoms with Crippen LogP contribution in [0.25, 0.3) is 0 Å². The Labute approximate surface area is 272 Å². The fraction of sp³-hybridized carbons (Fsp3) is 0.611. The van der Waals surface area contributed by atoms with E-state index in [0.29, 0.717) is 23.4 Å². The molecule has 2 saturated carbocycles. The number of carbonyl (C=O) groups excluding carboxylic acids is 1. The second kappa shape index (κ2) is 15.7. The molecule has 45 heavy (non-hydrogen) atoms. The summed E-state index contributed by atoms with van der Waals surface area (Å²) in [6.45, 7) is 5.68. The number of piperidine rings is 1. The van der Waals surface area contributed by atoms with Crippen molar-refractivity contribution in [2.24, 2.45) is 11.8 Å². The third-order valence-corrected chi connectivity index (χ3v) is 10.8. The lowest BCUT2D eigenvalue weighted by Crippen LogP contribution is -2.53. The number of hydrogen-bond donors (Lipinski definition) is 2. The Hall–Kier alpha value is -2.68. The number of carbonyl (C=O) groups is 2. The Kier molecular flexibility index (Phi) is 11.8. The lowest BCUT2D eigenvalue weighted by Gasteiger charge is -2.43. The molecule has 2 aliphatic carbocycles. The number of nitrogens with one attached hydrogen (secondary N) is 1. The van der Waals surface area contributed by atoms with Crippen LogP contribution in [0.3, 0.4) is 0 Å². The van der Waals surface area contributed by atoms with Crippen molar-refractivity contribution in [3.8, 4) is 0 Å². The number of carboxylic acids is 1. The summed E-state index contributed by atoms with van der Waals surface area (Å²) in [5, 5.41) is 13.7. The van der Waals surface area contributed by atoms with Gasteiger partial charge in [0.2, 0.25) is 0 Å². The Morgan fingerprint density at radius 1 is 1.09 bits per heavy atom. The van der Waals surface area contributed by atoms with E-state index >= 15 is 0 Å². The number of amides is 1. The van der Waals surface area contributed by atoms with E-state index in [0.717, 1.165) is 88.5 Å². The zero-order chi connectivity index (χ0) is 31.8. The average molecular weight is 642 g/mol. The third kappa shape index (κ3) is 8.78. The average Bonchev–Trinajstić information content (AvgIpc) is 3.47. The van der Waals surface area contributed by atoms with E-state index < -0.39 is 5.97 Å². The smallest absolute Gasteiger partial charge is 0.410 e. The summed E-state index contributed by atoms with van der Waals surface area (Å²) in [5.41, 5.74) is 1.80. The van der Waals surface area contributed by atoms with Crippen molar-refractivity contribution in [2.45, 2.75) is 95.2 Å². The van der Waals surface area contributed by atoms with E-state index in [2.05, 4.69) is 23.2 Å². The predicted octanol–water partition coefficient (Wildman–Crippen LogP) is 7.48. The molecule has 3 fully saturated rings. The molecule has 1 amide bonds. The Balaban J connectivity index is 1.23. The van der Waals surface area contributed by atoms with Gasteiger partial charge in [-0.3, -0.25) is 4.79 Å². The zero-order valence-electron chi connectivity index (χ0n) is 26.6. The van der Waals surface area contributed by atoms with Gasteiger partial charge in [0.1, 0.15) is 12.4 Å². The fourth-order valence-electron chi connectivity index (χ4n) is 8.30. The van der Waals surface area contributed by atoms with Crippen molar-refractivity contribution < 1.29 is 23.8 Å². The van der Waals surface area contributed by atoms with E-state index in [4.69, 9.17) is 16.3 Å². The molecule has 1 heterocycles. The molecular weight excluding hydrogens is 593 g/mol. The van der Waals surface area contributed by atoms with Gasteiger partial charge in [-0.15, -0.1) is 0 Å². The van der Waals surface area contributed by atoms with E-state index in [1.54, 1.807) is 18.2 Å². The molecule has 9 heteroatoms. The number of rotatable bonds is 12. The maximum atomic E-state index is 14.4. The van der Waals surface area contributed by atoms with Crippen molar-refractivity contribution in [3.63, 3.8) is 0 Å². The predicted molar refractivity (Wildman–Crippen MR) is 175 cm³/mol. The summed E-state index contributed by atoms with van der Waals surface area (Å²) < 4.78 is 20.1. The molecule has 5 rings (SSSR count). The summed E-state index contributed by atoms with van der Waals surface area (Å²) in [6, 6.07) is 14.6. The molecule has 1 aliphatic heterocycles. The quantitative estimate of drug-likeness (QED) is 0.250. The van der Waals surface area contributed by atoms with Crippen LogP contribution >= 0.6 is 11.6 Å². The van der Waals surface area contributed by atoms with Gasteiger partial charge < -0.3 is 25.0 Å². The molecule has 2 aromatic carbocycles. The number of carboxylic acid groups (broad SMARTS) is 1. The third-order valence-electron chi connectivity index (χ3n) is 10.6. The summed E-state index contributed by atoms with van der Waals surface area (Å²) >= 11 is 5.99. The van der Waals surface area contributed by atoms with Crippen molar-refractivity contribution >= 4 is 23.7 Å². The monoisotopic (exact) mass is 641 g/mol. The number of likely N-dealkylation sites (tertiary alicyclic amines) is 1. The highest BCUT2D eigenvalue weighted by atomic mass is 35.5. The highest BCUT2D eigenvalue weighted by Gasteiger charge is 2.47. The lowest BCUT2D eigenvalue weighted by atomic mass is 9.71. The first-order chi connectivity index (χ1) is 21.8. The Bertz CT molecular complexity index is 1260. The molecule has 7 nitrogen and oxygen atoms in total. The van der Waals surface area contributed by atoms with Crippen LogP contribution in [-0.2, 0) is 16.1 Å². The largest absolute Gasteiger partial charge is 0.480 e. The standard InChI is InChI=1S/C36H49ClFN3O4/c1-2-17-41(35(44)45-25-26-9-11-30(37)12-10-26)32-13-18-40(19-14-32)24-28-20-29(22-33(28)27-7-6-8-31(38)21-27)36(39-23-34(42)43)15-4-3-5-16-36/h6-12,21,28-29,32-33,39H,2-5,13-20,22-25H2,1H3,(H,42,43)/t28-,29+,33-/m1/s1. The first-order valence-corrected chi connectivity index (χ1v) is 17.3. The zero-order valence-corrected chi connectivity index (χ0v) is 27.3. The summed E-state index contributed by atoms with van der Waals surface area (Å²) in [7, 11) is 0. The number of hydrogen-bond acceptors (Lipinski definition) is 5. The summed E-state index contributed by atoms with van der Waals surface area (Å²) in [5.74, 6) is -0.0811. The van der Waals surface area contributed by atoms with Gasteiger partial charge in [-0.05, 0) is 98.1 Å². The molecule has 3 aliphatic rings. The summed E-state index contributed by atoms with van der Waals surface area (Å²) in [4.78, 5) is 29.2. The Morgan fingerprint density at radius 2 is 1.82 bits per heavy atom. The van der Waals surface area contributed by atoms with Gasteiger partial charge in [-0.1, -0.05) is 62.1 Å². The second-order valence-electron chi connectivity index (χ2n) is 13.5. The maximum absolute atomic E-state index is 14.4. The molecular formula is C36H49ClFN3O4. The van der Waals surface area contributed by atoms with Gasteiger partial charge in [-0.2, -0.15) is 0 Å². The van der Waals surface area contributed by atoms with Crippen molar-refractivity contribution in [1.29, 1.82) is 0 Å². The van der Waals surface area contributed by atoms with E-state index in [9.17, 15) is 19.1 Å². The molecule has 0 unspecified atom stereocenters. The fourth-order valence-corrected chi connectivity index (χ4v) is 8.43. The summed E-state index contributed by atoms with van der Waals surface area (Å²) in [6.07, 6.45) is 9.76. The van der Waals surface area contributed by atoms with Gasteiger partial charge in [0.15, 0.2) is 0 Å². The van der Waals surface area contributed by atoms with Crippen LogP contribution in [0.5, 0.6) is 0 Å². The normalized spacial score (nSPS) is 23.9. The first-order valence-electron chi connectivity index (χ1n) is 16.9. The molecule has 0 spiro atoms. The molecule has 1 saturated heterocycles. The number of halogens is 2. The van der Waals surface area contributed by atoms with E-state index in [-0.39, 0.29) is 42.6 Å².